The van der Waals surface area contributed by atoms with Gasteiger partial charge in [0.2, 0.25) is 5.95 Å². The van der Waals surface area contributed by atoms with Crippen molar-refractivity contribution in [3.8, 4) is 0 Å². The largest absolute Gasteiger partial charge is 0.353 e. The SMILES string of the molecule is CCCN1CCC(Nc2nc3ccccc3[nH]2)CC1. The molecule has 1 aliphatic rings. The molecule has 1 aliphatic heterocycles. The maximum Gasteiger partial charge on any atom is 0.201 e. The number of aromatic nitrogens is 2. The van der Waals surface area contributed by atoms with Gasteiger partial charge in [0.25, 0.3) is 0 Å². The van der Waals surface area contributed by atoms with Gasteiger partial charge < -0.3 is 15.2 Å². The van der Waals surface area contributed by atoms with Crippen molar-refractivity contribution in [2.45, 2.75) is 32.2 Å². The van der Waals surface area contributed by atoms with E-state index in [9.17, 15) is 0 Å². The highest BCUT2D eigenvalue weighted by atomic mass is 15.2. The molecule has 0 saturated carbocycles. The van der Waals surface area contributed by atoms with Crippen LogP contribution in [0.15, 0.2) is 24.3 Å². The van der Waals surface area contributed by atoms with Crippen LogP contribution in [0.1, 0.15) is 26.2 Å². The molecule has 0 bridgehead atoms. The van der Waals surface area contributed by atoms with Crippen LogP contribution in [-0.4, -0.2) is 40.5 Å². The highest BCUT2D eigenvalue weighted by Crippen LogP contribution is 2.18. The first-order chi connectivity index (χ1) is 9.35. The summed E-state index contributed by atoms with van der Waals surface area (Å²) in [4.78, 5) is 10.5. The standard InChI is InChI=1S/C15H22N4/c1-2-9-19-10-7-12(8-11-19)16-15-17-13-5-3-4-6-14(13)18-15/h3-6,12H,2,7-11H2,1H3,(H2,16,17,18). The van der Waals surface area contributed by atoms with E-state index in [1.54, 1.807) is 0 Å². The molecule has 0 radical (unpaired) electrons. The molecule has 0 atom stereocenters. The molecule has 2 heterocycles. The summed E-state index contributed by atoms with van der Waals surface area (Å²) in [6, 6.07) is 8.72. The molecule has 2 aromatic rings. The van der Waals surface area contributed by atoms with Crippen molar-refractivity contribution in [3.05, 3.63) is 24.3 Å². The predicted octanol–water partition coefficient (Wildman–Crippen LogP) is 2.85. The molecule has 2 N–H and O–H groups in total. The van der Waals surface area contributed by atoms with Crippen molar-refractivity contribution in [2.75, 3.05) is 25.0 Å². The number of aromatic amines is 1. The number of hydrogen-bond donors (Lipinski definition) is 2. The number of piperidine rings is 1. The zero-order chi connectivity index (χ0) is 13.1. The first-order valence-corrected chi connectivity index (χ1v) is 7.29. The lowest BCUT2D eigenvalue weighted by Crippen LogP contribution is -2.39. The van der Waals surface area contributed by atoms with Gasteiger partial charge in [-0.1, -0.05) is 19.1 Å². The maximum absolute atomic E-state index is 4.58. The number of fused-ring (bicyclic) bond motifs is 1. The van der Waals surface area contributed by atoms with Crippen molar-refractivity contribution in [1.29, 1.82) is 0 Å². The number of benzene rings is 1. The highest BCUT2D eigenvalue weighted by Gasteiger charge is 2.19. The van der Waals surface area contributed by atoms with E-state index in [2.05, 4.69) is 33.2 Å². The summed E-state index contributed by atoms with van der Waals surface area (Å²) in [5.74, 6) is 0.912. The molecule has 1 saturated heterocycles. The number of anilines is 1. The number of likely N-dealkylation sites (tertiary alicyclic amines) is 1. The van der Waals surface area contributed by atoms with Gasteiger partial charge in [-0.15, -0.1) is 0 Å². The van der Waals surface area contributed by atoms with E-state index in [-0.39, 0.29) is 0 Å². The van der Waals surface area contributed by atoms with E-state index < -0.39 is 0 Å². The second-order valence-corrected chi connectivity index (χ2v) is 5.36. The Balaban J connectivity index is 1.60. The minimum absolute atomic E-state index is 0.550. The third kappa shape index (κ3) is 2.89. The first kappa shape index (κ1) is 12.5. The fourth-order valence-corrected chi connectivity index (χ4v) is 2.83. The smallest absolute Gasteiger partial charge is 0.201 e. The van der Waals surface area contributed by atoms with E-state index in [4.69, 9.17) is 0 Å². The van der Waals surface area contributed by atoms with Crippen molar-refractivity contribution in [2.24, 2.45) is 0 Å². The number of hydrogen-bond acceptors (Lipinski definition) is 3. The fourth-order valence-electron chi connectivity index (χ4n) is 2.83. The van der Waals surface area contributed by atoms with E-state index in [1.807, 2.05) is 18.2 Å². The summed E-state index contributed by atoms with van der Waals surface area (Å²) in [5, 5.41) is 3.54. The number of nitrogens with one attached hydrogen (secondary N) is 2. The Morgan fingerprint density at radius 2 is 2.11 bits per heavy atom. The number of para-hydroxylation sites is 2. The Morgan fingerprint density at radius 3 is 2.84 bits per heavy atom. The quantitative estimate of drug-likeness (QED) is 0.886. The van der Waals surface area contributed by atoms with Gasteiger partial charge in [0.15, 0.2) is 0 Å². The Morgan fingerprint density at radius 1 is 1.32 bits per heavy atom. The van der Waals surface area contributed by atoms with Gasteiger partial charge in [-0.25, -0.2) is 4.98 Å². The van der Waals surface area contributed by atoms with Gasteiger partial charge in [-0.2, -0.15) is 0 Å². The third-order valence-corrected chi connectivity index (χ3v) is 3.86. The molecule has 1 aromatic carbocycles. The molecular weight excluding hydrogens is 236 g/mol. The Labute approximate surface area is 114 Å². The molecule has 1 fully saturated rings. The molecule has 0 aliphatic carbocycles. The van der Waals surface area contributed by atoms with Crippen LogP contribution in [0.25, 0.3) is 11.0 Å². The topological polar surface area (TPSA) is 44.0 Å². The number of imidazole rings is 1. The molecule has 4 heteroatoms. The molecule has 102 valence electrons. The van der Waals surface area contributed by atoms with Crippen LogP contribution in [-0.2, 0) is 0 Å². The minimum atomic E-state index is 0.550. The summed E-state index contributed by atoms with van der Waals surface area (Å²) < 4.78 is 0. The van der Waals surface area contributed by atoms with Crippen molar-refractivity contribution < 1.29 is 0 Å². The van der Waals surface area contributed by atoms with E-state index in [0.29, 0.717) is 6.04 Å². The summed E-state index contributed by atoms with van der Waals surface area (Å²) in [6.45, 7) is 5.88. The van der Waals surface area contributed by atoms with Crippen LogP contribution in [0.5, 0.6) is 0 Å². The lowest BCUT2D eigenvalue weighted by atomic mass is 10.1. The summed E-state index contributed by atoms with van der Waals surface area (Å²) in [6.07, 6.45) is 3.66. The maximum atomic E-state index is 4.58. The molecular formula is C15H22N4. The second kappa shape index (κ2) is 5.61. The summed E-state index contributed by atoms with van der Waals surface area (Å²) in [7, 11) is 0. The lowest BCUT2D eigenvalue weighted by Gasteiger charge is -2.31. The Kier molecular flexibility index (Phi) is 3.69. The van der Waals surface area contributed by atoms with Crippen LogP contribution in [0.3, 0.4) is 0 Å². The van der Waals surface area contributed by atoms with Crippen LogP contribution < -0.4 is 5.32 Å². The molecule has 0 amide bonds. The number of H-pyrrole nitrogens is 1. The molecule has 19 heavy (non-hydrogen) atoms. The lowest BCUT2D eigenvalue weighted by molar-refractivity contribution is 0.219. The van der Waals surface area contributed by atoms with Gasteiger partial charge in [0.05, 0.1) is 11.0 Å². The normalized spacial score (nSPS) is 17.9. The first-order valence-electron chi connectivity index (χ1n) is 7.29. The van der Waals surface area contributed by atoms with Gasteiger partial charge in [0, 0.05) is 19.1 Å². The van der Waals surface area contributed by atoms with Crippen molar-refractivity contribution >= 4 is 17.0 Å². The summed E-state index contributed by atoms with van der Waals surface area (Å²) in [5.41, 5.74) is 2.14. The monoisotopic (exact) mass is 258 g/mol. The zero-order valence-corrected chi connectivity index (χ0v) is 11.5. The van der Waals surface area contributed by atoms with E-state index >= 15 is 0 Å². The average Bonchev–Trinajstić information content (AvgIpc) is 2.83. The van der Waals surface area contributed by atoms with Gasteiger partial charge in [-0.05, 0) is 37.9 Å². The Bertz CT molecular complexity index is 493. The molecule has 1 aromatic heterocycles. The van der Waals surface area contributed by atoms with Crippen LogP contribution >= 0.6 is 0 Å². The van der Waals surface area contributed by atoms with Gasteiger partial charge >= 0.3 is 0 Å². The van der Waals surface area contributed by atoms with Gasteiger partial charge in [0.1, 0.15) is 0 Å². The second-order valence-electron chi connectivity index (χ2n) is 5.36. The zero-order valence-electron chi connectivity index (χ0n) is 11.5. The van der Waals surface area contributed by atoms with Crippen LogP contribution in [0.2, 0.25) is 0 Å². The molecule has 4 nitrogen and oxygen atoms in total. The van der Waals surface area contributed by atoms with Crippen molar-refractivity contribution in [3.63, 3.8) is 0 Å². The molecule has 3 rings (SSSR count). The predicted molar refractivity (Wildman–Crippen MR) is 79.5 cm³/mol. The average molecular weight is 258 g/mol. The fraction of sp³-hybridized carbons (Fsp3) is 0.533. The molecule has 0 unspecified atom stereocenters. The Hall–Kier alpha value is -1.55. The van der Waals surface area contributed by atoms with E-state index in [1.165, 1.54) is 38.9 Å². The molecule has 0 spiro atoms. The van der Waals surface area contributed by atoms with E-state index in [0.717, 1.165) is 17.0 Å². The minimum Gasteiger partial charge on any atom is -0.353 e. The highest BCUT2D eigenvalue weighted by molar-refractivity contribution is 5.77. The summed E-state index contributed by atoms with van der Waals surface area (Å²) >= 11 is 0. The number of nitrogens with zero attached hydrogens (tertiary/aromatic N) is 2. The van der Waals surface area contributed by atoms with Crippen LogP contribution in [0, 0.1) is 0 Å². The third-order valence-electron chi connectivity index (χ3n) is 3.86. The van der Waals surface area contributed by atoms with Crippen LogP contribution in [0.4, 0.5) is 5.95 Å². The van der Waals surface area contributed by atoms with Gasteiger partial charge in [-0.3, -0.25) is 0 Å². The number of rotatable bonds is 4. The van der Waals surface area contributed by atoms with Crippen molar-refractivity contribution in [1.82, 2.24) is 14.9 Å².